The van der Waals surface area contributed by atoms with Gasteiger partial charge in [0.25, 0.3) is 0 Å². The monoisotopic (exact) mass is 193 g/mol. The Bertz CT molecular complexity index is 284. The highest BCUT2D eigenvalue weighted by atomic mass is 16.5. The van der Waals surface area contributed by atoms with E-state index in [0.717, 1.165) is 31.6 Å². The summed E-state index contributed by atoms with van der Waals surface area (Å²) >= 11 is 0. The summed E-state index contributed by atoms with van der Waals surface area (Å²) < 4.78 is 5.27. The lowest BCUT2D eigenvalue weighted by Gasteiger charge is -2.08. The molecule has 2 heteroatoms. The quantitative estimate of drug-likeness (QED) is 0.777. The number of nitrogens with two attached hydrogens (primary N) is 1. The second-order valence-electron chi connectivity index (χ2n) is 3.39. The van der Waals surface area contributed by atoms with Gasteiger partial charge in [0.2, 0.25) is 0 Å². The Morgan fingerprint density at radius 2 is 2.14 bits per heavy atom. The maximum Gasteiger partial charge on any atom is 0.122 e. The average molecular weight is 193 g/mol. The number of benzene rings is 1. The second-order valence-corrected chi connectivity index (χ2v) is 3.39. The summed E-state index contributed by atoms with van der Waals surface area (Å²) in [6, 6.07) is 6.38. The van der Waals surface area contributed by atoms with Crippen LogP contribution in [0.25, 0.3) is 0 Å². The largest absolute Gasteiger partial charge is 0.496 e. The number of rotatable bonds is 5. The van der Waals surface area contributed by atoms with E-state index in [0.29, 0.717) is 0 Å². The van der Waals surface area contributed by atoms with Crippen LogP contribution in [0.2, 0.25) is 0 Å². The first kappa shape index (κ1) is 11.1. The van der Waals surface area contributed by atoms with Gasteiger partial charge in [-0.15, -0.1) is 0 Å². The fraction of sp³-hybridized carbons (Fsp3) is 0.500. The van der Waals surface area contributed by atoms with Crippen molar-refractivity contribution < 1.29 is 4.74 Å². The molecule has 0 amide bonds. The first-order valence-corrected chi connectivity index (χ1v) is 5.17. The molecule has 0 heterocycles. The van der Waals surface area contributed by atoms with Gasteiger partial charge in [-0.3, -0.25) is 0 Å². The summed E-state index contributed by atoms with van der Waals surface area (Å²) in [6.07, 6.45) is 3.13. The summed E-state index contributed by atoms with van der Waals surface area (Å²) in [6.45, 7) is 2.90. The molecule has 0 fully saturated rings. The van der Waals surface area contributed by atoms with E-state index in [1.807, 2.05) is 6.07 Å². The van der Waals surface area contributed by atoms with Crippen LogP contribution in [0.3, 0.4) is 0 Å². The van der Waals surface area contributed by atoms with Crippen LogP contribution < -0.4 is 10.5 Å². The van der Waals surface area contributed by atoms with Gasteiger partial charge in [-0.2, -0.15) is 0 Å². The minimum atomic E-state index is 0.757. The summed E-state index contributed by atoms with van der Waals surface area (Å²) in [5, 5.41) is 0. The molecular weight excluding hydrogens is 174 g/mol. The Morgan fingerprint density at radius 1 is 1.36 bits per heavy atom. The molecule has 2 nitrogen and oxygen atoms in total. The van der Waals surface area contributed by atoms with Gasteiger partial charge in [-0.25, -0.2) is 0 Å². The highest BCUT2D eigenvalue weighted by molar-refractivity contribution is 5.37. The van der Waals surface area contributed by atoms with Crippen molar-refractivity contribution in [2.45, 2.75) is 26.2 Å². The van der Waals surface area contributed by atoms with E-state index >= 15 is 0 Å². The molecule has 1 aromatic carbocycles. The number of methoxy groups -OCH3 is 1. The molecule has 0 aromatic heterocycles. The minimum Gasteiger partial charge on any atom is -0.496 e. The van der Waals surface area contributed by atoms with Gasteiger partial charge in [0, 0.05) is 0 Å². The van der Waals surface area contributed by atoms with Crippen LogP contribution in [-0.2, 0) is 12.8 Å². The minimum absolute atomic E-state index is 0.757. The van der Waals surface area contributed by atoms with Gasteiger partial charge in [0.05, 0.1) is 7.11 Å². The third-order valence-electron chi connectivity index (χ3n) is 2.40. The van der Waals surface area contributed by atoms with Gasteiger partial charge in [0.1, 0.15) is 5.75 Å². The highest BCUT2D eigenvalue weighted by Gasteiger charge is 2.01. The van der Waals surface area contributed by atoms with Crippen molar-refractivity contribution in [3.63, 3.8) is 0 Å². The van der Waals surface area contributed by atoms with E-state index in [-0.39, 0.29) is 0 Å². The standard InChI is InChI=1S/C12H19NO/c1-3-11-9-10(5-4-8-13)6-7-12(11)14-2/h6-7,9H,3-5,8,13H2,1-2H3. The molecule has 0 bridgehead atoms. The molecule has 2 N–H and O–H groups in total. The second kappa shape index (κ2) is 5.66. The average Bonchev–Trinajstić information content (AvgIpc) is 2.25. The molecule has 0 atom stereocenters. The predicted molar refractivity (Wildman–Crippen MR) is 59.7 cm³/mol. The van der Waals surface area contributed by atoms with Gasteiger partial charge in [-0.05, 0) is 43.0 Å². The Labute approximate surface area is 86.1 Å². The fourth-order valence-corrected chi connectivity index (χ4v) is 1.57. The van der Waals surface area contributed by atoms with Crippen molar-refractivity contribution in [3.05, 3.63) is 29.3 Å². The molecule has 78 valence electrons. The third kappa shape index (κ3) is 2.74. The first-order chi connectivity index (χ1) is 6.81. The van der Waals surface area contributed by atoms with Crippen LogP contribution in [0.15, 0.2) is 18.2 Å². The Hall–Kier alpha value is -1.02. The van der Waals surface area contributed by atoms with Gasteiger partial charge in [-0.1, -0.05) is 19.1 Å². The lowest BCUT2D eigenvalue weighted by atomic mass is 10.0. The third-order valence-corrected chi connectivity index (χ3v) is 2.40. The van der Waals surface area contributed by atoms with E-state index < -0.39 is 0 Å². The molecule has 14 heavy (non-hydrogen) atoms. The molecule has 0 saturated carbocycles. The van der Waals surface area contributed by atoms with Crippen molar-refractivity contribution in [2.24, 2.45) is 5.73 Å². The Kier molecular flexibility index (Phi) is 4.47. The lowest BCUT2D eigenvalue weighted by molar-refractivity contribution is 0.410. The van der Waals surface area contributed by atoms with E-state index in [2.05, 4.69) is 19.1 Å². The van der Waals surface area contributed by atoms with Gasteiger partial charge in [0.15, 0.2) is 0 Å². The van der Waals surface area contributed by atoms with Crippen LogP contribution in [0.4, 0.5) is 0 Å². The zero-order chi connectivity index (χ0) is 10.4. The molecular formula is C12H19NO. The van der Waals surface area contributed by atoms with Crippen LogP contribution in [0, 0.1) is 0 Å². The lowest BCUT2D eigenvalue weighted by Crippen LogP contribution is -2.01. The first-order valence-electron chi connectivity index (χ1n) is 5.17. The fourth-order valence-electron chi connectivity index (χ4n) is 1.57. The maximum atomic E-state index is 5.48. The summed E-state index contributed by atoms with van der Waals surface area (Å²) in [7, 11) is 1.72. The zero-order valence-electron chi connectivity index (χ0n) is 9.05. The molecule has 0 aliphatic carbocycles. The SMILES string of the molecule is CCc1cc(CCCN)ccc1OC. The topological polar surface area (TPSA) is 35.2 Å². The number of aryl methyl sites for hydroxylation is 2. The molecule has 0 radical (unpaired) electrons. The highest BCUT2D eigenvalue weighted by Crippen LogP contribution is 2.20. The van der Waals surface area contributed by atoms with Crippen molar-refractivity contribution in [1.82, 2.24) is 0 Å². The molecule has 0 spiro atoms. The van der Waals surface area contributed by atoms with Crippen LogP contribution in [0.5, 0.6) is 5.75 Å². The smallest absolute Gasteiger partial charge is 0.122 e. The van der Waals surface area contributed by atoms with Crippen LogP contribution in [-0.4, -0.2) is 13.7 Å². The molecule has 0 saturated heterocycles. The van der Waals surface area contributed by atoms with Gasteiger partial charge < -0.3 is 10.5 Å². The van der Waals surface area contributed by atoms with Gasteiger partial charge >= 0.3 is 0 Å². The number of ether oxygens (including phenoxy) is 1. The van der Waals surface area contributed by atoms with E-state index in [4.69, 9.17) is 10.5 Å². The van der Waals surface area contributed by atoms with E-state index in [1.165, 1.54) is 11.1 Å². The summed E-state index contributed by atoms with van der Waals surface area (Å²) in [4.78, 5) is 0. The normalized spacial score (nSPS) is 10.2. The number of hydrogen-bond acceptors (Lipinski definition) is 2. The Morgan fingerprint density at radius 3 is 2.71 bits per heavy atom. The maximum absolute atomic E-state index is 5.48. The molecule has 1 rings (SSSR count). The van der Waals surface area contributed by atoms with Crippen molar-refractivity contribution in [3.8, 4) is 5.75 Å². The van der Waals surface area contributed by atoms with Crippen LogP contribution in [0.1, 0.15) is 24.5 Å². The zero-order valence-corrected chi connectivity index (χ0v) is 9.05. The molecule has 0 aliphatic rings. The van der Waals surface area contributed by atoms with Crippen molar-refractivity contribution in [2.75, 3.05) is 13.7 Å². The number of hydrogen-bond donors (Lipinski definition) is 1. The van der Waals surface area contributed by atoms with E-state index in [1.54, 1.807) is 7.11 Å². The van der Waals surface area contributed by atoms with Crippen molar-refractivity contribution >= 4 is 0 Å². The summed E-state index contributed by atoms with van der Waals surface area (Å²) in [5.41, 5.74) is 8.11. The van der Waals surface area contributed by atoms with Crippen LogP contribution >= 0.6 is 0 Å². The molecule has 0 unspecified atom stereocenters. The van der Waals surface area contributed by atoms with Crippen molar-refractivity contribution in [1.29, 1.82) is 0 Å². The predicted octanol–water partition coefficient (Wildman–Crippen LogP) is 2.15. The molecule has 0 aliphatic heterocycles. The Balaban J connectivity index is 2.79. The summed E-state index contributed by atoms with van der Waals surface area (Å²) in [5.74, 6) is 0.990. The van der Waals surface area contributed by atoms with E-state index in [9.17, 15) is 0 Å². The molecule has 1 aromatic rings.